The van der Waals surface area contributed by atoms with Crippen molar-refractivity contribution in [1.29, 1.82) is 0 Å². The Labute approximate surface area is 120 Å². The predicted octanol–water partition coefficient (Wildman–Crippen LogP) is 3.75. The monoisotopic (exact) mass is 301 g/mol. The van der Waals surface area contributed by atoms with Crippen LogP contribution in [-0.4, -0.2) is 28.6 Å². The molecule has 0 spiro atoms. The van der Waals surface area contributed by atoms with Gasteiger partial charge in [-0.05, 0) is 37.7 Å². The Bertz CT molecular complexity index is 487. The Kier molecular flexibility index (Phi) is 4.86. The molecule has 20 heavy (non-hydrogen) atoms. The van der Waals surface area contributed by atoms with Crippen LogP contribution in [0.4, 0.5) is 14.5 Å². The molecule has 1 fully saturated rings. The summed E-state index contributed by atoms with van der Waals surface area (Å²) in [6.45, 7) is 0. The Morgan fingerprint density at radius 2 is 2.00 bits per heavy atom. The van der Waals surface area contributed by atoms with Crippen LogP contribution in [0, 0.1) is 11.6 Å². The topological polar surface area (TPSA) is 49.3 Å². The first-order valence-electron chi connectivity index (χ1n) is 6.53. The lowest BCUT2D eigenvalue weighted by Crippen LogP contribution is -2.29. The van der Waals surface area contributed by atoms with Gasteiger partial charge in [0.25, 0.3) is 0 Å². The number of nitrogens with one attached hydrogen (secondary N) is 1. The van der Waals surface area contributed by atoms with Crippen molar-refractivity contribution in [3.63, 3.8) is 0 Å². The van der Waals surface area contributed by atoms with E-state index in [1.165, 1.54) is 0 Å². The van der Waals surface area contributed by atoms with Gasteiger partial charge in [-0.2, -0.15) is 11.8 Å². The molecule has 6 heteroatoms. The molecule has 0 aromatic heterocycles. The Balaban J connectivity index is 2.15. The highest BCUT2D eigenvalue weighted by Crippen LogP contribution is 2.30. The zero-order valence-electron chi connectivity index (χ0n) is 11.2. The lowest BCUT2D eigenvalue weighted by Gasteiger charge is -2.29. The number of halogens is 2. The summed E-state index contributed by atoms with van der Waals surface area (Å²) in [5.41, 5.74) is -0.599. The molecule has 1 aromatic rings. The van der Waals surface area contributed by atoms with Gasteiger partial charge in [-0.25, -0.2) is 13.6 Å². The summed E-state index contributed by atoms with van der Waals surface area (Å²) in [6, 6.07) is 1.73. The van der Waals surface area contributed by atoms with Gasteiger partial charge in [0.15, 0.2) is 0 Å². The van der Waals surface area contributed by atoms with E-state index in [2.05, 4.69) is 5.32 Å². The van der Waals surface area contributed by atoms with Gasteiger partial charge in [0.1, 0.15) is 17.3 Å². The molecule has 1 aromatic carbocycles. The van der Waals surface area contributed by atoms with Crippen molar-refractivity contribution in [1.82, 2.24) is 0 Å². The van der Waals surface area contributed by atoms with Gasteiger partial charge in [-0.15, -0.1) is 0 Å². The van der Waals surface area contributed by atoms with Crippen molar-refractivity contribution in [3.8, 4) is 0 Å². The number of carboxylic acids is 1. The molecule has 0 aliphatic heterocycles. The highest BCUT2D eigenvalue weighted by atomic mass is 32.2. The molecule has 110 valence electrons. The van der Waals surface area contributed by atoms with Crippen LogP contribution in [0.2, 0.25) is 0 Å². The van der Waals surface area contributed by atoms with Crippen LogP contribution in [0.3, 0.4) is 0 Å². The standard InChI is InChI=1S/C14H17F2NO2S/c1-20-10-4-2-3-9(7-10)17-13-11(15)5-8(14(18)19)6-12(13)16/h5-6,9-10,17H,2-4,7H2,1H3,(H,18,19). The third-order valence-corrected chi connectivity index (χ3v) is 4.69. The van der Waals surface area contributed by atoms with Gasteiger partial charge >= 0.3 is 5.97 Å². The molecule has 0 heterocycles. The first kappa shape index (κ1) is 15.1. The summed E-state index contributed by atoms with van der Waals surface area (Å²) in [5, 5.41) is 12.2. The van der Waals surface area contributed by atoms with E-state index in [1.807, 2.05) is 6.26 Å². The molecule has 0 bridgehead atoms. The van der Waals surface area contributed by atoms with Crippen LogP contribution in [0.5, 0.6) is 0 Å². The molecule has 2 N–H and O–H groups in total. The zero-order chi connectivity index (χ0) is 14.7. The summed E-state index contributed by atoms with van der Waals surface area (Å²) in [5.74, 6) is -3.04. The fourth-order valence-corrected chi connectivity index (χ4v) is 3.36. The number of hydrogen-bond donors (Lipinski definition) is 2. The van der Waals surface area contributed by atoms with Crippen molar-refractivity contribution in [2.75, 3.05) is 11.6 Å². The van der Waals surface area contributed by atoms with Gasteiger partial charge in [-0.1, -0.05) is 6.42 Å². The normalized spacial score (nSPS) is 22.6. The molecule has 2 atom stereocenters. The third-order valence-electron chi connectivity index (χ3n) is 3.60. The molecule has 0 amide bonds. The average Bonchev–Trinajstić information content (AvgIpc) is 2.42. The summed E-state index contributed by atoms with van der Waals surface area (Å²) < 4.78 is 27.7. The first-order valence-corrected chi connectivity index (χ1v) is 7.81. The van der Waals surface area contributed by atoms with Gasteiger partial charge in [-0.3, -0.25) is 0 Å². The molecule has 1 aliphatic carbocycles. The van der Waals surface area contributed by atoms with E-state index in [1.54, 1.807) is 11.8 Å². The van der Waals surface area contributed by atoms with Crippen LogP contribution >= 0.6 is 11.8 Å². The second kappa shape index (κ2) is 6.43. The highest BCUT2D eigenvalue weighted by Gasteiger charge is 2.23. The van der Waals surface area contributed by atoms with Crippen molar-refractivity contribution >= 4 is 23.4 Å². The minimum atomic E-state index is -1.34. The first-order chi connectivity index (χ1) is 9.51. The summed E-state index contributed by atoms with van der Waals surface area (Å²) in [7, 11) is 0. The van der Waals surface area contributed by atoms with Gasteiger partial charge in [0, 0.05) is 11.3 Å². The predicted molar refractivity (Wildman–Crippen MR) is 76.5 cm³/mol. The van der Waals surface area contributed by atoms with E-state index in [-0.39, 0.29) is 17.3 Å². The minimum absolute atomic E-state index is 0.0286. The molecule has 1 saturated carbocycles. The van der Waals surface area contributed by atoms with Crippen LogP contribution in [0.15, 0.2) is 12.1 Å². The summed E-state index contributed by atoms with van der Waals surface area (Å²) in [6.07, 6.45) is 5.93. The number of benzene rings is 1. The van der Waals surface area contributed by atoms with Crippen molar-refractivity contribution < 1.29 is 18.7 Å². The number of rotatable bonds is 4. The molecule has 0 radical (unpaired) electrons. The smallest absolute Gasteiger partial charge is 0.335 e. The molecular weight excluding hydrogens is 284 g/mol. The number of aromatic carboxylic acids is 1. The fraction of sp³-hybridized carbons (Fsp3) is 0.500. The van der Waals surface area contributed by atoms with Crippen LogP contribution in [0.1, 0.15) is 36.0 Å². The number of carbonyl (C=O) groups is 1. The number of carboxylic acid groups (broad SMARTS) is 1. The van der Waals surface area contributed by atoms with E-state index in [9.17, 15) is 13.6 Å². The lowest BCUT2D eigenvalue weighted by atomic mass is 9.94. The van der Waals surface area contributed by atoms with E-state index in [0.29, 0.717) is 5.25 Å². The van der Waals surface area contributed by atoms with Gasteiger partial charge in [0.05, 0.1) is 5.56 Å². The number of hydrogen-bond acceptors (Lipinski definition) is 3. The quantitative estimate of drug-likeness (QED) is 0.889. The molecule has 2 unspecified atom stereocenters. The molecule has 0 saturated heterocycles. The summed E-state index contributed by atoms with van der Waals surface area (Å²) in [4.78, 5) is 10.7. The van der Waals surface area contributed by atoms with E-state index < -0.39 is 17.6 Å². The maximum Gasteiger partial charge on any atom is 0.335 e. The van der Waals surface area contributed by atoms with Gasteiger partial charge < -0.3 is 10.4 Å². The van der Waals surface area contributed by atoms with Crippen LogP contribution < -0.4 is 5.32 Å². The maximum absolute atomic E-state index is 13.8. The van der Waals surface area contributed by atoms with Gasteiger partial charge in [0.2, 0.25) is 0 Å². The zero-order valence-corrected chi connectivity index (χ0v) is 12.0. The molecule has 3 nitrogen and oxygen atoms in total. The van der Waals surface area contributed by atoms with Crippen LogP contribution in [-0.2, 0) is 0 Å². The number of anilines is 1. The molecule has 2 rings (SSSR count). The Morgan fingerprint density at radius 1 is 1.35 bits per heavy atom. The molecule has 1 aliphatic rings. The molecular formula is C14H17F2NO2S. The van der Waals surface area contributed by atoms with Crippen molar-refractivity contribution in [2.45, 2.75) is 37.0 Å². The second-order valence-corrected chi connectivity index (χ2v) is 6.12. The average molecular weight is 301 g/mol. The second-order valence-electron chi connectivity index (χ2n) is 4.99. The van der Waals surface area contributed by atoms with E-state index in [4.69, 9.17) is 5.11 Å². The fourth-order valence-electron chi connectivity index (χ4n) is 2.53. The maximum atomic E-state index is 13.8. The number of thioether (sulfide) groups is 1. The minimum Gasteiger partial charge on any atom is -0.478 e. The SMILES string of the molecule is CSC1CCCC(Nc2c(F)cc(C(=O)O)cc2F)C1. The Hall–Kier alpha value is -1.30. The Morgan fingerprint density at radius 3 is 2.55 bits per heavy atom. The van der Waals surface area contributed by atoms with Crippen molar-refractivity contribution in [3.05, 3.63) is 29.3 Å². The lowest BCUT2D eigenvalue weighted by molar-refractivity contribution is 0.0696. The largest absolute Gasteiger partial charge is 0.478 e. The van der Waals surface area contributed by atoms with E-state index in [0.717, 1.165) is 37.8 Å². The van der Waals surface area contributed by atoms with Crippen LogP contribution in [0.25, 0.3) is 0 Å². The summed E-state index contributed by atoms with van der Waals surface area (Å²) >= 11 is 1.77. The highest BCUT2D eigenvalue weighted by molar-refractivity contribution is 7.99. The third kappa shape index (κ3) is 3.42. The van der Waals surface area contributed by atoms with Crippen molar-refractivity contribution in [2.24, 2.45) is 0 Å². The van der Waals surface area contributed by atoms with E-state index >= 15 is 0 Å².